The van der Waals surface area contributed by atoms with E-state index in [1.54, 1.807) is 0 Å². The van der Waals surface area contributed by atoms with Gasteiger partial charge in [0.1, 0.15) is 0 Å². The third-order valence-electron chi connectivity index (χ3n) is 4.53. The number of rotatable bonds is 3. The maximum atomic E-state index is 11.6. The zero-order valence-electron chi connectivity index (χ0n) is 14.1. The van der Waals surface area contributed by atoms with E-state index >= 15 is 0 Å². The lowest BCUT2D eigenvalue weighted by Crippen LogP contribution is -2.25. The fourth-order valence-corrected chi connectivity index (χ4v) is 3.62. The van der Waals surface area contributed by atoms with Gasteiger partial charge in [-0.15, -0.1) is 0 Å². The molecule has 1 N–H and O–H groups in total. The molecule has 3 rings (SSSR count). The first-order chi connectivity index (χ1) is 12.1. The predicted octanol–water partition coefficient (Wildman–Crippen LogP) is 5.50. The van der Waals surface area contributed by atoms with Gasteiger partial charge < -0.3 is 10.0 Å². The standard InChI is InChI=1S/C21H22BrNO2/c22-19-10-11-20-18(14-19)13-17(21(24)25)9-5-2-6-12-23(20)15-16-7-3-1-4-8-16/h1,3-4,7-8,10-11,13-14H,2,5-6,9,12,15H2,(H,24,25)/b17-13-. The van der Waals surface area contributed by atoms with Gasteiger partial charge in [-0.05, 0) is 54.7 Å². The Morgan fingerprint density at radius 3 is 2.64 bits per heavy atom. The second kappa shape index (κ2) is 8.34. The van der Waals surface area contributed by atoms with Gasteiger partial charge in [0.05, 0.1) is 0 Å². The van der Waals surface area contributed by atoms with E-state index in [9.17, 15) is 9.90 Å². The molecule has 0 unspecified atom stereocenters. The molecular weight excluding hydrogens is 378 g/mol. The zero-order chi connectivity index (χ0) is 17.6. The Labute approximate surface area is 157 Å². The molecule has 0 atom stereocenters. The molecule has 0 aromatic heterocycles. The van der Waals surface area contributed by atoms with E-state index in [1.807, 2.05) is 24.3 Å². The number of hydrogen-bond acceptors (Lipinski definition) is 2. The summed E-state index contributed by atoms with van der Waals surface area (Å²) >= 11 is 3.52. The number of halogens is 1. The lowest BCUT2D eigenvalue weighted by atomic mass is 10.0. The Balaban J connectivity index is 2.02. The molecule has 3 nitrogen and oxygen atoms in total. The lowest BCUT2D eigenvalue weighted by molar-refractivity contribution is -0.132. The number of fused-ring (bicyclic) bond motifs is 1. The smallest absolute Gasteiger partial charge is 0.331 e. The number of carboxylic acid groups (broad SMARTS) is 1. The first-order valence-electron chi connectivity index (χ1n) is 8.66. The Morgan fingerprint density at radius 1 is 1.08 bits per heavy atom. The molecule has 0 amide bonds. The van der Waals surface area contributed by atoms with Gasteiger partial charge in [-0.2, -0.15) is 0 Å². The van der Waals surface area contributed by atoms with Crippen molar-refractivity contribution in [2.24, 2.45) is 0 Å². The van der Waals surface area contributed by atoms with Crippen LogP contribution in [0.25, 0.3) is 6.08 Å². The van der Waals surface area contributed by atoms with Crippen molar-refractivity contribution in [2.45, 2.75) is 32.2 Å². The first-order valence-corrected chi connectivity index (χ1v) is 9.45. The van der Waals surface area contributed by atoms with Gasteiger partial charge in [0, 0.05) is 28.8 Å². The van der Waals surface area contributed by atoms with Crippen molar-refractivity contribution in [3.05, 3.63) is 69.7 Å². The fraction of sp³-hybridized carbons (Fsp3) is 0.286. The van der Waals surface area contributed by atoms with E-state index in [1.165, 1.54) is 5.56 Å². The molecule has 0 aliphatic carbocycles. The Morgan fingerprint density at radius 2 is 1.88 bits per heavy atom. The Kier molecular flexibility index (Phi) is 5.92. The van der Waals surface area contributed by atoms with Crippen molar-refractivity contribution in [1.29, 1.82) is 0 Å². The maximum absolute atomic E-state index is 11.6. The summed E-state index contributed by atoms with van der Waals surface area (Å²) in [6, 6.07) is 16.5. The highest BCUT2D eigenvalue weighted by Gasteiger charge is 2.16. The van der Waals surface area contributed by atoms with Gasteiger partial charge in [0.25, 0.3) is 0 Å². The second-order valence-corrected chi connectivity index (χ2v) is 7.31. The molecule has 0 saturated carbocycles. The van der Waals surface area contributed by atoms with Crippen molar-refractivity contribution in [3.63, 3.8) is 0 Å². The number of anilines is 1. The lowest BCUT2D eigenvalue weighted by Gasteiger charge is -2.28. The largest absolute Gasteiger partial charge is 0.478 e. The van der Waals surface area contributed by atoms with Crippen LogP contribution in [0, 0.1) is 0 Å². The molecule has 2 aromatic rings. The van der Waals surface area contributed by atoms with Crippen molar-refractivity contribution < 1.29 is 9.90 Å². The SMILES string of the molecule is O=C(O)/C1=C\c2cc(Br)ccc2N(Cc2ccccc2)CCCCC1. The number of nitrogens with zero attached hydrogens (tertiary/aromatic N) is 1. The molecule has 1 heterocycles. The minimum Gasteiger partial charge on any atom is -0.478 e. The van der Waals surface area contributed by atoms with Gasteiger partial charge in [0.15, 0.2) is 0 Å². The number of aliphatic carboxylic acids is 1. The fourth-order valence-electron chi connectivity index (χ4n) is 3.24. The molecule has 0 spiro atoms. The van der Waals surface area contributed by atoms with Crippen LogP contribution in [0.15, 0.2) is 58.6 Å². The van der Waals surface area contributed by atoms with Gasteiger partial charge >= 0.3 is 5.97 Å². The van der Waals surface area contributed by atoms with Crippen molar-refractivity contribution >= 4 is 33.7 Å². The second-order valence-electron chi connectivity index (χ2n) is 6.40. The van der Waals surface area contributed by atoms with Crippen LogP contribution in [0.4, 0.5) is 5.69 Å². The van der Waals surface area contributed by atoms with Gasteiger partial charge in [0.2, 0.25) is 0 Å². The van der Waals surface area contributed by atoms with Crippen molar-refractivity contribution in [2.75, 3.05) is 11.4 Å². The monoisotopic (exact) mass is 399 g/mol. The summed E-state index contributed by atoms with van der Waals surface area (Å²) < 4.78 is 0.962. The summed E-state index contributed by atoms with van der Waals surface area (Å²) in [6.07, 6.45) is 5.49. The molecule has 1 aliphatic heterocycles. The topological polar surface area (TPSA) is 40.5 Å². The van der Waals surface area contributed by atoms with E-state index in [0.717, 1.165) is 48.1 Å². The molecule has 25 heavy (non-hydrogen) atoms. The third kappa shape index (κ3) is 4.73. The quantitative estimate of drug-likeness (QED) is 0.740. The highest BCUT2D eigenvalue weighted by atomic mass is 79.9. The summed E-state index contributed by atoms with van der Waals surface area (Å²) in [6.45, 7) is 1.80. The number of benzene rings is 2. The minimum atomic E-state index is -0.818. The average molecular weight is 400 g/mol. The molecule has 0 fully saturated rings. The molecule has 130 valence electrons. The average Bonchev–Trinajstić information content (AvgIpc) is 2.60. The van der Waals surface area contributed by atoms with Gasteiger partial charge in [-0.1, -0.05) is 52.7 Å². The normalized spacial score (nSPS) is 17.3. The van der Waals surface area contributed by atoms with Crippen LogP contribution in [0.2, 0.25) is 0 Å². The van der Waals surface area contributed by atoms with Gasteiger partial charge in [-0.25, -0.2) is 4.79 Å². The van der Waals surface area contributed by atoms with Crippen molar-refractivity contribution in [1.82, 2.24) is 0 Å². The summed E-state index contributed by atoms with van der Waals surface area (Å²) in [4.78, 5) is 14.0. The van der Waals surface area contributed by atoms with Crippen LogP contribution in [0.1, 0.15) is 36.8 Å². The van der Waals surface area contributed by atoms with E-state index in [2.05, 4.69) is 51.2 Å². The number of carbonyl (C=O) groups is 1. The van der Waals surface area contributed by atoms with Crippen LogP contribution in [-0.2, 0) is 11.3 Å². The van der Waals surface area contributed by atoms with E-state index in [-0.39, 0.29) is 0 Å². The number of carboxylic acids is 1. The van der Waals surface area contributed by atoms with Crippen LogP contribution in [0.5, 0.6) is 0 Å². The summed E-state index contributed by atoms with van der Waals surface area (Å²) in [7, 11) is 0. The van der Waals surface area contributed by atoms with Crippen LogP contribution in [-0.4, -0.2) is 17.6 Å². The third-order valence-corrected chi connectivity index (χ3v) is 5.02. The molecule has 4 heteroatoms. The van der Waals surface area contributed by atoms with E-state index in [4.69, 9.17) is 0 Å². The molecular formula is C21H22BrNO2. The van der Waals surface area contributed by atoms with E-state index < -0.39 is 5.97 Å². The highest BCUT2D eigenvalue weighted by Crippen LogP contribution is 2.30. The van der Waals surface area contributed by atoms with Crippen LogP contribution >= 0.6 is 15.9 Å². The molecule has 0 saturated heterocycles. The van der Waals surface area contributed by atoms with E-state index in [0.29, 0.717) is 12.0 Å². The van der Waals surface area contributed by atoms with Gasteiger partial charge in [-0.3, -0.25) is 0 Å². The van der Waals surface area contributed by atoms with Crippen molar-refractivity contribution in [3.8, 4) is 0 Å². The Bertz CT molecular complexity index is 771. The van der Waals surface area contributed by atoms with Crippen LogP contribution < -0.4 is 4.90 Å². The molecule has 0 radical (unpaired) electrons. The summed E-state index contributed by atoms with van der Waals surface area (Å²) in [5.41, 5.74) is 3.80. The first kappa shape index (κ1) is 17.7. The Hall–Kier alpha value is -2.07. The molecule has 2 aromatic carbocycles. The highest BCUT2D eigenvalue weighted by molar-refractivity contribution is 9.10. The molecule has 1 aliphatic rings. The summed E-state index contributed by atoms with van der Waals surface area (Å²) in [5, 5.41) is 9.52. The summed E-state index contributed by atoms with van der Waals surface area (Å²) in [5.74, 6) is -0.818. The molecule has 0 bridgehead atoms. The maximum Gasteiger partial charge on any atom is 0.331 e. The van der Waals surface area contributed by atoms with Crippen LogP contribution in [0.3, 0.4) is 0 Å². The zero-order valence-corrected chi connectivity index (χ0v) is 15.7. The predicted molar refractivity (Wildman–Crippen MR) is 106 cm³/mol. The number of hydrogen-bond donors (Lipinski definition) is 1. The minimum absolute atomic E-state index is 0.487.